The zero-order valence-corrected chi connectivity index (χ0v) is 4.87. The molecule has 0 aromatic rings. The normalized spacial score (nSPS) is 3.00. The molecular formula is ErLuO2. The Morgan fingerprint density at radius 2 is 1.25 bits per heavy atom. The van der Waals surface area contributed by atoms with Gasteiger partial charge in [-0.2, -0.15) is 0 Å². The van der Waals surface area contributed by atoms with Crippen molar-refractivity contribution in [2.24, 2.45) is 0 Å². The van der Waals surface area contributed by atoms with Gasteiger partial charge in [-0.25, -0.2) is 0 Å². The molecule has 0 amide bonds. The molecule has 0 aliphatic rings. The Labute approximate surface area is 71.7 Å². The van der Waals surface area contributed by atoms with Crippen molar-refractivity contribution in [1.82, 2.24) is 0 Å². The molecule has 4 heavy (non-hydrogen) atoms. The van der Waals surface area contributed by atoms with Crippen molar-refractivity contribution < 1.29 is 73.5 Å². The first kappa shape index (κ1) is 9.43. The molecule has 0 saturated carbocycles. The third kappa shape index (κ3) is 8.95. The van der Waals surface area contributed by atoms with E-state index in [4.69, 9.17) is 3.03 Å². The van der Waals surface area contributed by atoms with E-state index in [1.807, 2.05) is 0 Å². The van der Waals surface area contributed by atoms with Gasteiger partial charge in [-0.3, -0.25) is 0 Å². The summed E-state index contributed by atoms with van der Waals surface area (Å²) >= 11 is 2.75. The monoisotopic (exact) mass is 373 g/mol. The average molecular weight is 374 g/mol. The van der Waals surface area contributed by atoms with Crippen molar-refractivity contribution in [1.29, 1.82) is 0 Å². The molecule has 2 nitrogen and oxygen atoms in total. The van der Waals surface area contributed by atoms with Crippen LogP contribution in [0.5, 0.6) is 0 Å². The Morgan fingerprint density at radius 3 is 1.25 bits per heavy atom. The molecule has 0 saturated heterocycles. The molecule has 0 fully saturated rings. The van der Waals surface area contributed by atoms with Gasteiger partial charge in [0.05, 0.1) is 0 Å². The molecule has 0 aromatic heterocycles. The Morgan fingerprint density at radius 1 is 1.25 bits per heavy atom. The predicted molar refractivity (Wildman–Crippen MR) is 1.37 cm³/mol. The maximum absolute atomic E-state index is 8.17. The molecule has 0 aliphatic carbocycles. The molecule has 0 aliphatic heterocycles. The quantitative estimate of drug-likeness (QED) is 0.587. The van der Waals surface area contributed by atoms with E-state index in [0.717, 1.165) is 0 Å². The van der Waals surface area contributed by atoms with Gasteiger partial charge >= 0.3 is 73.5 Å². The van der Waals surface area contributed by atoms with E-state index in [-0.39, 0.29) is 0 Å². The number of hydrogen-bond acceptors (Lipinski definition) is 2. The minimum atomic E-state index is 1.17. The molecule has 0 rings (SSSR count). The zero-order chi connectivity index (χ0) is 4.00. The summed E-state index contributed by atoms with van der Waals surface area (Å²) in [5.41, 5.74) is 0. The van der Waals surface area contributed by atoms with Crippen LogP contribution >= 0.6 is 0 Å². The van der Waals surface area contributed by atoms with Gasteiger partial charge in [0.25, 0.3) is 0 Å². The Balaban J connectivity index is 0. The van der Waals surface area contributed by atoms with Crippen LogP contribution in [0.1, 0.15) is 0 Å². The fourth-order valence-electron chi connectivity index (χ4n) is 0. The summed E-state index contributed by atoms with van der Waals surface area (Å²) in [6, 6.07) is 0. The van der Waals surface area contributed by atoms with Crippen LogP contribution < -0.4 is 0 Å². The molecule has 0 unspecified atom stereocenters. The van der Waals surface area contributed by atoms with Crippen LogP contribution in [0, 0.1) is 70.5 Å². The van der Waals surface area contributed by atoms with Crippen LogP contribution in [0.2, 0.25) is 0 Å². The van der Waals surface area contributed by atoms with Crippen LogP contribution in [-0.4, -0.2) is 0 Å². The molecule has 4 heteroatoms. The molecule has 0 atom stereocenters. The summed E-state index contributed by atoms with van der Waals surface area (Å²) in [7, 11) is 0. The van der Waals surface area contributed by atoms with E-state index in [2.05, 4.69) is 0 Å². The second-order valence-corrected chi connectivity index (χ2v) is 0. The Kier molecular flexibility index (Phi) is 46.1. The van der Waals surface area contributed by atoms with Gasteiger partial charge in [0.15, 0.2) is 0 Å². The second-order valence-electron chi connectivity index (χ2n) is 0. The molecular weight excluding hydrogens is 374 g/mol. The number of rotatable bonds is 0. The van der Waals surface area contributed by atoms with Crippen molar-refractivity contribution in [2.75, 3.05) is 0 Å². The van der Waals surface area contributed by atoms with E-state index in [0.29, 0.717) is 0 Å². The fraction of sp³-hybridized carbons (Fsp3) is 0. The summed E-state index contributed by atoms with van der Waals surface area (Å²) in [5, 5.41) is 0. The van der Waals surface area contributed by atoms with Crippen LogP contribution in [0.3, 0.4) is 0 Å². The molecule has 0 radical (unpaired) electrons. The topological polar surface area (TPSA) is 34.1 Å². The maximum atomic E-state index is 8.17. The van der Waals surface area contributed by atoms with Crippen molar-refractivity contribution >= 4 is 0 Å². The second kappa shape index (κ2) is 19.5. The van der Waals surface area contributed by atoms with Crippen molar-refractivity contribution in [3.63, 3.8) is 0 Å². The molecule has 0 spiro atoms. The van der Waals surface area contributed by atoms with E-state index in [1.54, 1.807) is 35.0 Å². The van der Waals surface area contributed by atoms with Gasteiger partial charge in [0.2, 0.25) is 0 Å². The van der Waals surface area contributed by atoms with E-state index < -0.39 is 0 Å². The molecule has 39 valence electrons. The van der Waals surface area contributed by atoms with Crippen molar-refractivity contribution in [2.45, 2.75) is 0 Å². The van der Waals surface area contributed by atoms with Crippen LogP contribution in [-0.2, 0) is 3.03 Å². The van der Waals surface area contributed by atoms with E-state index >= 15 is 0 Å². The third-order valence-corrected chi connectivity index (χ3v) is 0. The van der Waals surface area contributed by atoms with Crippen LogP contribution in [0.25, 0.3) is 0 Å². The fourth-order valence-corrected chi connectivity index (χ4v) is 0. The van der Waals surface area contributed by atoms with E-state index in [9.17, 15) is 0 Å². The molecule has 0 heterocycles. The van der Waals surface area contributed by atoms with Crippen molar-refractivity contribution in [3.8, 4) is 0 Å². The summed E-state index contributed by atoms with van der Waals surface area (Å²) < 4.78 is 16.2. The minimum absolute atomic E-state index is 1.17. The summed E-state index contributed by atoms with van der Waals surface area (Å²) in [6.07, 6.45) is 0. The standard InChI is InChI=1S/Er.Lu.2O. The SMILES string of the molecule is [O]=[Er].[O]=[Lu]. The summed E-state index contributed by atoms with van der Waals surface area (Å²) in [6.45, 7) is 0. The van der Waals surface area contributed by atoms with Gasteiger partial charge in [-0.1, -0.05) is 0 Å². The average Bonchev–Trinajstić information content (AvgIpc) is 1.50. The Bertz CT molecular complexity index is 8.00. The first-order valence-corrected chi connectivity index (χ1v) is 1.66. The first-order chi connectivity index (χ1) is 2.00. The van der Waals surface area contributed by atoms with E-state index in [1.165, 1.54) is 35.5 Å². The number of hydrogen-bond donors (Lipinski definition) is 0. The van der Waals surface area contributed by atoms with Crippen LogP contribution in [0.15, 0.2) is 0 Å². The van der Waals surface area contributed by atoms with Crippen LogP contribution in [0.4, 0.5) is 0 Å². The molecule has 0 aromatic carbocycles. The first-order valence-electron chi connectivity index (χ1n) is 0.223. The van der Waals surface area contributed by atoms with Gasteiger partial charge in [-0.15, -0.1) is 0 Å². The van der Waals surface area contributed by atoms with Gasteiger partial charge < -0.3 is 0 Å². The summed E-state index contributed by atoms with van der Waals surface area (Å²) in [4.78, 5) is 0. The molecule has 0 N–H and O–H groups in total. The zero-order valence-electron chi connectivity index (χ0n) is 1.36. The van der Waals surface area contributed by atoms with Crippen molar-refractivity contribution in [3.05, 3.63) is 0 Å². The Hall–Kier alpha value is 2.08. The van der Waals surface area contributed by atoms with Gasteiger partial charge in [0, 0.05) is 0 Å². The third-order valence-electron chi connectivity index (χ3n) is 0. The summed E-state index contributed by atoms with van der Waals surface area (Å²) in [5.74, 6) is 0. The van der Waals surface area contributed by atoms with Gasteiger partial charge in [0.1, 0.15) is 0 Å². The van der Waals surface area contributed by atoms with Gasteiger partial charge in [-0.05, 0) is 0 Å². The predicted octanol–water partition coefficient (Wildman–Crippen LogP) is -0.238. The molecule has 0 bridgehead atoms.